The monoisotopic (exact) mass is 334 g/mol. The molecule has 1 aromatic carbocycles. The van der Waals surface area contributed by atoms with Crippen molar-refractivity contribution in [3.05, 3.63) is 54.5 Å². The summed E-state index contributed by atoms with van der Waals surface area (Å²) in [7, 11) is -3.57. The van der Waals surface area contributed by atoms with Gasteiger partial charge in [0.05, 0.1) is 16.7 Å². The van der Waals surface area contributed by atoms with Gasteiger partial charge in [-0.25, -0.2) is 13.1 Å². The summed E-state index contributed by atoms with van der Waals surface area (Å²) >= 11 is 0. The molecule has 6 nitrogen and oxygen atoms in total. The normalized spacial score (nSPS) is 18.8. The predicted octanol–water partition coefficient (Wildman–Crippen LogP) is 1.86. The number of rotatable bonds is 4. The van der Waals surface area contributed by atoms with Crippen LogP contribution in [0.4, 0.5) is 0 Å². The van der Waals surface area contributed by atoms with Gasteiger partial charge in [0.25, 0.3) is 5.91 Å². The fourth-order valence-corrected chi connectivity index (χ4v) is 4.00. The van der Waals surface area contributed by atoms with Crippen LogP contribution in [0.3, 0.4) is 0 Å². The van der Waals surface area contributed by atoms with Crippen LogP contribution < -0.4 is 4.72 Å². The van der Waals surface area contributed by atoms with E-state index in [-0.39, 0.29) is 16.8 Å². The molecule has 1 aliphatic rings. The molecule has 1 saturated heterocycles. The molecular weight excluding hydrogens is 316 g/mol. The number of benzene rings is 1. The molecule has 1 fully saturated rings. The third-order valence-corrected chi connectivity index (χ3v) is 5.39. The summed E-state index contributed by atoms with van der Waals surface area (Å²) in [6.07, 6.45) is 4.32. The summed E-state index contributed by atoms with van der Waals surface area (Å²) in [5.41, 5.74) is 0.483. The molecule has 2 aromatic rings. The first-order valence-electron chi connectivity index (χ1n) is 7.45. The zero-order chi connectivity index (χ0) is 16.3. The molecule has 1 atom stereocenters. The van der Waals surface area contributed by atoms with Gasteiger partial charge in [-0.15, -0.1) is 0 Å². The maximum atomic E-state index is 12.4. The van der Waals surface area contributed by atoms with Crippen molar-refractivity contribution < 1.29 is 17.6 Å². The molecule has 0 saturated carbocycles. The number of likely N-dealkylation sites (tertiary alicyclic amines) is 1. The summed E-state index contributed by atoms with van der Waals surface area (Å²) in [6, 6.07) is 9.57. The van der Waals surface area contributed by atoms with Crippen molar-refractivity contribution in [2.45, 2.75) is 23.8 Å². The quantitative estimate of drug-likeness (QED) is 0.925. The molecule has 1 aliphatic heterocycles. The van der Waals surface area contributed by atoms with E-state index in [2.05, 4.69) is 4.72 Å². The lowest BCUT2D eigenvalue weighted by molar-refractivity contribution is 0.0702. The van der Waals surface area contributed by atoms with E-state index in [1.54, 1.807) is 41.3 Å². The number of carbonyl (C=O) groups is 1. The smallest absolute Gasteiger partial charge is 0.257 e. The van der Waals surface area contributed by atoms with Gasteiger partial charge in [-0.2, -0.15) is 0 Å². The number of furan rings is 1. The van der Waals surface area contributed by atoms with Crippen LogP contribution in [-0.2, 0) is 10.0 Å². The number of sulfonamides is 1. The largest absolute Gasteiger partial charge is 0.472 e. The van der Waals surface area contributed by atoms with Gasteiger partial charge >= 0.3 is 0 Å². The molecule has 1 N–H and O–H groups in total. The first-order valence-corrected chi connectivity index (χ1v) is 8.93. The van der Waals surface area contributed by atoms with Crippen molar-refractivity contribution in [3.63, 3.8) is 0 Å². The van der Waals surface area contributed by atoms with Gasteiger partial charge in [0.15, 0.2) is 0 Å². The topological polar surface area (TPSA) is 79.6 Å². The van der Waals surface area contributed by atoms with E-state index in [9.17, 15) is 13.2 Å². The van der Waals surface area contributed by atoms with Crippen LogP contribution in [0, 0.1) is 0 Å². The first kappa shape index (κ1) is 15.8. The van der Waals surface area contributed by atoms with Gasteiger partial charge in [-0.05, 0) is 31.0 Å². The van der Waals surface area contributed by atoms with Gasteiger partial charge in [0.1, 0.15) is 6.26 Å². The fraction of sp³-hybridized carbons (Fsp3) is 0.312. The van der Waals surface area contributed by atoms with Crippen LogP contribution in [0.15, 0.2) is 58.2 Å². The van der Waals surface area contributed by atoms with E-state index in [1.165, 1.54) is 12.5 Å². The summed E-state index contributed by atoms with van der Waals surface area (Å²) in [5.74, 6) is -0.137. The van der Waals surface area contributed by atoms with E-state index >= 15 is 0 Å². The Morgan fingerprint density at radius 3 is 2.70 bits per heavy atom. The zero-order valence-corrected chi connectivity index (χ0v) is 13.3. The van der Waals surface area contributed by atoms with Crippen molar-refractivity contribution in [1.29, 1.82) is 0 Å². The molecule has 1 amide bonds. The highest BCUT2D eigenvalue weighted by molar-refractivity contribution is 7.89. The average molecular weight is 334 g/mol. The summed E-state index contributed by atoms with van der Waals surface area (Å²) in [4.78, 5) is 14.2. The summed E-state index contributed by atoms with van der Waals surface area (Å²) in [6.45, 7) is 0.976. The third-order valence-electron chi connectivity index (χ3n) is 3.85. The maximum Gasteiger partial charge on any atom is 0.257 e. The Bertz CT molecular complexity index is 757. The van der Waals surface area contributed by atoms with E-state index in [0.717, 1.165) is 6.42 Å². The van der Waals surface area contributed by atoms with Gasteiger partial charge in [0, 0.05) is 19.1 Å². The Morgan fingerprint density at radius 2 is 2.00 bits per heavy atom. The second-order valence-electron chi connectivity index (χ2n) is 5.54. The molecule has 2 heterocycles. The molecule has 7 heteroatoms. The number of piperidine rings is 1. The molecule has 1 aromatic heterocycles. The SMILES string of the molecule is O=C(c1ccoc1)N1CCC[C@@H](NS(=O)(=O)c2ccccc2)C1. The molecule has 23 heavy (non-hydrogen) atoms. The van der Waals surface area contributed by atoms with Crippen molar-refractivity contribution >= 4 is 15.9 Å². The van der Waals surface area contributed by atoms with Gasteiger partial charge in [-0.3, -0.25) is 4.79 Å². The molecule has 0 radical (unpaired) electrons. The molecule has 0 spiro atoms. The molecule has 122 valence electrons. The lowest BCUT2D eigenvalue weighted by atomic mass is 10.1. The summed E-state index contributed by atoms with van der Waals surface area (Å²) in [5, 5.41) is 0. The second-order valence-corrected chi connectivity index (χ2v) is 7.25. The lowest BCUT2D eigenvalue weighted by Gasteiger charge is -2.32. The fourth-order valence-electron chi connectivity index (χ4n) is 2.71. The van der Waals surface area contributed by atoms with Crippen molar-refractivity contribution in [2.75, 3.05) is 13.1 Å². The van der Waals surface area contributed by atoms with Crippen LogP contribution in [0.5, 0.6) is 0 Å². The number of amides is 1. The first-order chi connectivity index (χ1) is 11.1. The van der Waals surface area contributed by atoms with Crippen molar-refractivity contribution in [2.24, 2.45) is 0 Å². The van der Waals surface area contributed by atoms with Crippen LogP contribution in [0.1, 0.15) is 23.2 Å². The molecule has 0 aliphatic carbocycles. The average Bonchev–Trinajstić information content (AvgIpc) is 3.09. The molecule has 0 unspecified atom stereocenters. The third kappa shape index (κ3) is 3.62. The highest BCUT2D eigenvalue weighted by Gasteiger charge is 2.28. The standard InChI is InChI=1S/C16H18N2O4S/c19-16(13-8-10-22-12-13)18-9-4-5-14(11-18)17-23(20,21)15-6-2-1-3-7-15/h1-3,6-8,10,12,14,17H,4-5,9,11H2/t14-/m1/s1. The number of carbonyl (C=O) groups excluding carboxylic acids is 1. The van der Waals surface area contributed by atoms with E-state index in [1.807, 2.05) is 0 Å². The number of nitrogens with one attached hydrogen (secondary N) is 1. The van der Waals surface area contributed by atoms with E-state index in [0.29, 0.717) is 25.1 Å². The minimum absolute atomic E-state index is 0.137. The molecule has 3 rings (SSSR count). The van der Waals surface area contributed by atoms with Crippen molar-refractivity contribution in [3.8, 4) is 0 Å². The zero-order valence-electron chi connectivity index (χ0n) is 12.5. The predicted molar refractivity (Wildman–Crippen MR) is 84.4 cm³/mol. The molecule has 0 bridgehead atoms. The second kappa shape index (κ2) is 6.55. The Morgan fingerprint density at radius 1 is 1.22 bits per heavy atom. The number of nitrogens with zero attached hydrogens (tertiary/aromatic N) is 1. The minimum atomic E-state index is -3.57. The van der Waals surface area contributed by atoms with Gasteiger partial charge < -0.3 is 9.32 Å². The van der Waals surface area contributed by atoms with Crippen LogP contribution in [0.25, 0.3) is 0 Å². The van der Waals surface area contributed by atoms with Crippen LogP contribution in [-0.4, -0.2) is 38.4 Å². The Kier molecular flexibility index (Phi) is 4.49. The van der Waals surface area contributed by atoms with Gasteiger partial charge in [-0.1, -0.05) is 18.2 Å². The van der Waals surface area contributed by atoms with E-state index in [4.69, 9.17) is 4.42 Å². The Balaban J connectivity index is 1.68. The maximum absolute atomic E-state index is 12.4. The molecular formula is C16H18N2O4S. The summed E-state index contributed by atoms with van der Waals surface area (Å²) < 4.78 is 32.4. The highest BCUT2D eigenvalue weighted by Crippen LogP contribution is 2.17. The lowest BCUT2D eigenvalue weighted by Crippen LogP contribution is -2.49. The number of hydrogen-bond acceptors (Lipinski definition) is 4. The van der Waals surface area contributed by atoms with Gasteiger partial charge in [0.2, 0.25) is 10.0 Å². The number of hydrogen-bond donors (Lipinski definition) is 1. The van der Waals surface area contributed by atoms with Crippen LogP contribution in [0.2, 0.25) is 0 Å². The minimum Gasteiger partial charge on any atom is -0.472 e. The van der Waals surface area contributed by atoms with Crippen molar-refractivity contribution in [1.82, 2.24) is 9.62 Å². The Labute approximate surface area is 135 Å². The highest BCUT2D eigenvalue weighted by atomic mass is 32.2. The Hall–Kier alpha value is -2.12. The van der Waals surface area contributed by atoms with Crippen LogP contribution >= 0.6 is 0 Å². The van der Waals surface area contributed by atoms with E-state index < -0.39 is 10.0 Å².